The lowest BCUT2D eigenvalue weighted by atomic mass is 10.1. The van der Waals surface area contributed by atoms with Gasteiger partial charge in [-0.3, -0.25) is 0 Å². The third kappa shape index (κ3) is 3.16. The quantitative estimate of drug-likeness (QED) is 0.925. The van der Waals surface area contributed by atoms with Crippen molar-refractivity contribution in [2.24, 2.45) is 0 Å². The molecule has 106 valence electrons. The van der Waals surface area contributed by atoms with Gasteiger partial charge >= 0.3 is 0 Å². The highest BCUT2D eigenvalue weighted by Gasteiger charge is 2.17. The van der Waals surface area contributed by atoms with Crippen LogP contribution in [0.25, 0.3) is 0 Å². The fourth-order valence-electron chi connectivity index (χ4n) is 1.70. The van der Waals surface area contributed by atoms with Gasteiger partial charge in [-0.1, -0.05) is 0 Å². The predicted molar refractivity (Wildman–Crippen MR) is 76.1 cm³/mol. The molecule has 1 atom stereocenters. The largest absolute Gasteiger partial charge is 0.496 e. The summed E-state index contributed by atoms with van der Waals surface area (Å²) in [7, 11) is 1.51. The number of benzene rings is 1. The molecule has 1 aromatic carbocycles. The van der Waals surface area contributed by atoms with Gasteiger partial charge in [0.05, 0.1) is 13.3 Å². The molecule has 2 rings (SSSR count). The number of halogens is 2. The summed E-state index contributed by atoms with van der Waals surface area (Å²) in [4.78, 5) is 8.01. The third-order valence-corrected chi connectivity index (χ3v) is 3.04. The lowest BCUT2D eigenvalue weighted by molar-refractivity contribution is 0.212. The van der Waals surface area contributed by atoms with Crippen molar-refractivity contribution >= 4 is 21.7 Å². The summed E-state index contributed by atoms with van der Waals surface area (Å²) in [6, 6.07) is 4.22. The van der Waals surface area contributed by atoms with Gasteiger partial charge in [0.2, 0.25) is 0 Å². The maximum Gasteiger partial charge on any atom is 0.258 e. The number of nitrogen functional groups attached to an aromatic ring is 1. The number of anilines is 1. The van der Waals surface area contributed by atoms with Crippen LogP contribution in [0.1, 0.15) is 18.6 Å². The maximum atomic E-state index is 13.4. The number of nitrogens with zero attached hydrogens (tertiary/aromatic N) is 2. The second-order valence-corrected chi connectivity index (χ2v) is 4.84. The fourth-order valence-corrected chi connectivity index (χ4v) is 1.97. The topological polar surface area (TPSA) is 70.3 Å². The van der Waals surface area contributed by atoms with Crippen molar-refractivity contribution in [2.75, 3.05) is 12.8 Å². The van der Waals surface area contributed by atoms with E-state index in [9.17, 15) is 4.39 Å². The minimum absolute atomic E-state index is 0.162. The normalized spacial score (nSPS) is 12.0. The minimum atomic E-state index is -0.494. The van der Waals surface area contributed by atoms with E-state index in [2.05, 4.69) is 25.9 Å². The minimum Gasteiger partial charge on any atom is -0.496 e. The number of hydrogen-bond acceptors (Lipinski definition) is 5. The van der Waals surface area contributed by atoms with Crippen LogP contribution in [0.2, 0.25) is 0 Å². The Balaban J connectivity index is 2.30. The molecule has 1 aromatic heterocycles. The SMILES string of the molecule is COc1ccc(F)cc1[C@@H](C)Oc1nc(Br)cnc1N. The van der Waals surface area contributed by atoms with Gasteiger partial charge in [0.25, 0.3) is 5.88 Å². The van der Waals surface area contributed by atoms with Crippen LogP contribution in [0, 0.1) is 5.82 Å². The van der Waals surface area contributed by atoms with E-state index < -0.39 is 6.10 Å². The van der Waals surface area contributed by atoms with Gasteiger partial charge < -0.3 is 15.2 Å². The first-order chi connectivity index (χ1) is 9.51. The first kappa shape index (κ1) is 14.5. The molecule has 1 heterocycles. The molecule has 0 saturated carbocycles. The Bertz CT molecular complexity index is 625. The zero-order valence-corrected chi connectivity index (χ0v) is 12.5. The average Bonchev–Trinajstić information content (AvgIpc) is 2.42. The molecule has 2 N–H and O–H groups in total. The van der Waals surface area contributed by atoms with E-state index in [-0.39, 0.29) is 17.5 Å². The molecule has 0 bridgehead atoms. The lowest BCUT2D eigenvalue weighted by Crippen LogP contribution is -2.09. The van der Waals surface area contributed by atoms with Crippen molar-refractivity contribution < 1.29 is 13.9 Å². The Hall–Kier alpha value is -1.89. The molecule has 2 aromatic rings. The molecular formula is C13H13BrFN3O2. The van der Waals surface area contributed by atoms with Crippen molar-refractivity contribution in [3.63, 3.8) is 0 Å². The Labute approximate surface area is 124 Å². The van der Waals surface area contributed by atoms with Crippen LogP contribution in [0.15, 0.2) is 29.0 Å². The highest BCUT2D eigenvalue weighted by molar-refractivity contribution is 9.10. The van der Waals surface area contributed by atoms with Gasteiger partial charge in [0, 0.05) is 5.56 Å². The van der Waals surface area contributed by atoms with Crippen molar-refractivity contribution in [3.8, 4) is 11.6 Å². The summed E-state index contributed by atoms with van der Waals surface area (Å²) in [5.74, 6) is 0.499. The van der Waals surface area contributed by atoms with E-state index in [1.54, 1.807) is 13.0 Å². The Morgan fingerprint density at radius 1 is 1.40 bits per heavy atom. The number of nitrogens with two attached hydrogens (primary N) is 1. The molecule has 0 saturated heterocycles. The molecule has 5 nitrogen and oxygen atoms in total. The Kier molecular flexibility index (Phi) is 4.39. The second-order valence-electron chi connectivity index (χ2n) is 4.03. The molecule has 0 amide bonds. The van der Waals surface area contributed by atoms with Gasteiger partial charge in [-0.2, -0.15) is 0 Å². The van der Waals surface area contributed by atoms with Crippen LogP contribution in [0.5, 0.6) is 11.6 Å². The Morgan fingerprint density at radius 2 is 2.15 bits per heavy atom. The summed E-state index contributed by atoms with van der Waals surface area (Å²) in [5.41, 5.74) is 6.26. The van der Waals surface area contributed by atoms with Crippen LogP contribution in [0.3, 0.4) is 0 Å². The number of rotatable bonds is 4. The van der Waals surface area contributed by atoms with Gasteiger partial charge in [-0.15, -0.1) is 0 Å². The van der Waals surface area contributed by atoms with Crippen LogP contribution in [-0.2, 0) is 0 Å². The molecule has 0 radical (unpaired) electrons. The molecule has 0 spiro atoms. The summed E-state index contributed by atoms with van der Waals surface area (Å²) in [6.07, 6.45) is 0.974. The Morgan fingerprint density at radius 3 is 2.85 bits per heavy atom. The first-order valence-electron chi connectivity index (χ1n) is 5.79. The van der Waals surface area contributed by atoms with E-state index in [4.69, 9.17) is 15.2 Å². The molecule has 0 unspecified atom stereocenters. The maximum absolute atomic E-state index is 13.4. The van der Waals surface area contributed by atoms with Crippen LogP contribution in [-0.4, -0.2) is 17.1 Å². The standard InChI is InChI=1S/C13H13BrFN3O2/c1-7(9-5-8(15)3-4-10(9)19-2)20-13-12(16)17-6-11(14)18-13/h3-7H,1-2H3,(H2,16,17)/t7-/m1/s1. The zero-order valence-electron chi connectivity index (χ0n) is 10.9. The predicted octanol–water partition coefficient (Wildman–Crippen LogP) is 3.11. The molecular weight excluding hydrogens is 329 g/mol. The van der Waals surface area contributed by atoms with Gasteiger partial charge in [-0.25, -0.2) is 14.4 Å². The van der Waals surface area contributed by atoms with Gasteiger partial charge in [-0.05, 0) is 41.1 Å². The van der Waals surface area contributed by atoms with Gasteiger partial charge in [0.1, 0.15) is 22.3 Å². The number of methoxy groups -OCH3 is 1. The smallest absolute Gasteiger partial charge is 0.258 e. The summed E-state index contributed by atoms with van der Waals surface area (Å²) in [6.45, 7) is 1.75. The van der Waals surface area contributed by atoms with Crippen molar-refractivity contribution in [3.05, 3.63) is 40.4 Å². The van der Waals surface area contributed by atoms with Crippen LogP contribution < -0.4 is 15.2 Å². The van der Waals surface area contributed by atoms with E-state index >= 15 is 0 Å². The van der Waals surface area contributed by atoms with Crippen molar-refractivity contribution in [1.82, 2.24) is 9.97 Å². The van der Waals surface area contributed by atoms with E-state index in [1.165, 1.54) is 25.4 Å². The number of ether oxygens (including phenoxy) is 2. The summed E-state index contributed by atoms with van der Waals surface area (Å²) < 4.78 is 24.7. The van der Waals surface area contributed by atoms with Gasteiger partial charge in [0.15, 0.2) is 5.82 Å². The molecule has 0 aliphatic rings. The van der Waals surface area contributed by atoms with E-state index in [1.807, 2.05) is 0 Å². The molecule has 20 heavy (non-hydrogen) atoms. The van der Waals surface area contributed by atoms with Crippen LogP contribution >= 0.6 is 15.9 Å². The molecule has 0 fully saturated rings. The molecule has 0 aliphatic heterocycles. The van der Waals surface area contributed by atoms with Crippen LogP contribution in [0.4, 0.5) is 10.2 Å². The van der Waals surface area contributed by atoms with Crippen molar-refractivity contribution in [2.45, 2.75) is 13.0 Å². The lowest BCUT2D eigenvalue weighted by Gasteiger charge is -2.17. The number of aromatic nitrogens is 2. The average molecular weight is 342 g/mol. The summed E-state index contributed by atoms with van der Waals surface area (Å²) >= 11 is 3.19. The highest BCUT2D eigenvalue weighted by atomic mass is 79.9. The summed E-state index contributed by atoms with van der Waals surface area (Å²) in [5, 5.41) is 0. The first-order valence-corrected chi connectivity index (χ1v) is 6.58. The third-order valence-electron chi connectivity index (χ3n) is 2.66. The highest BCUT2D eigenvalue weighted by Crippen LogP contribution is 2.30. The fraction of sp³-hybridized carbons (Fsp3) is 0.231. The molecule has 0 aliphatic carbocycles. The van der Waals surface area contributed by atoms with E-state index in [0.717, 1.165) is 0 Å². The zero-order chi connectivity index (χ0) is 14.7. The monoisotopic (exact) mass is 341 g/mol. The molecule has 7 heteroatoms. The second kappa shape index (κ2) is 6.04. The van der Waals surface area contributed by atoms with Crippen molar-refractivity contribution in [1.29, 1.82) is 0 Å². The van der Waals surface area contributed by atoms with E-state index in [0.29, 0.717) is 15.9 Å². The number of hydrogen-bond donors (Lipinski definition) is 1.